The number of rotatable bonds is 5. The number of esters is 1. The SMILES string of the molecule is CCOC(=O)C1CCCN(C(=O)C(=O)NC(CC)CO)C1. The molecule has 1 fully saturated rings. The van der Waals surface area contributed by atoms with Gasteiger partial charge in [-0.2, -0.15) is 0 Å². The molecule has 21 heavy (non-hydrogen) atoms. The highest BCUT2D eigenvalue weighted by molar-refractivity contribution is 6.35. The summed E-state index contributed by atoms with van der Waals surface area (Å²) in [6.45, 7) is 4.30. The normalized spacial score (nSPS) is 19.8. The molecule has 1 aliphatic heterocycles. The third-order valence-corrected chi connectivity index (χ3v) is 3.57. The van der Waals surface area contributed by atoms with Crippen molar-refractivity contribution in [2.45, 2.75) is 39.2 Å². The molecule has 7 nitrogen and oxygen atoms in total. The molecule has 2 unspecified atom stereocenters. The molecule has 0 aliphatic carbocycles. The first kappa shape index (κ1) is 17.4. The van der Waals surface area contributed by atoms with Crippen LogP contribution in [0.3, 0.4) is 0 Å². The van der Waals surface area contributed by atoms with Crippen LogP contribution in [0, 0.1) is 5.92 Å². The summed E-state index contributed by atoms with van der Waals surface area (Å²) in [5.74, 6) is -2.08. The lowest BCUT2D eigenvalue weighted by Crippen LogP contribution is -2.51. The fraction of sp³-hybridized carbons (Fsp3) is 0.786. The van der Waals surface area contributed by atoms with Gasteiger partial charge in [0.25, 0.3) is 0 Å². The lowest BCUT2D eigenvalue weighted by Gasteiger charge is -2.31. The largest absolute Gasteiger partial charge is 0.466 e. The van der Waals surface area contributed by atoms with Gasteiger partial charge < -0.3 is 20.1 Å². The van der Waals surface area contributed by atoms with Gasteiger partial charge in [-0.3, -0.25) is 14.4 Å². The molecule has 1 rings (SSSR count). The molecule has 2 N–H and O–H groups in total. The maximum Gasteiger partial charge on any atom is 0.311 e. The van der Waals surface area contributed by atoms with Gasteiger partial charge in [-0.15, -0.1) is 0 Å². The van der Waals surface area contributed by atoms with Gasteiger partial charge in [-0.25, -0.2) is 0 Å². The van der Waals surface area contributed by atoms with Crippen molar-refractivity contribution in [2.24, 2.45) is 5.92 Å². The average molecular weight is 300 g/mol. The van der Waals surface area contributed by atoms with Crippen molar-refractivity contribution in [3.05, 3.63) is 0 Å². The third-order valence-electron chi connectivity index (χ3n) is 3.57. The number of carbonyl (C=O) groups excluding carboxylic acids is 3. The molecule has 1 heterocycles. The summed E-state index contributed by atoms with van der Waals surface area (Å²) in [6, 6.07) is -0.424. The first-order chi connectivity index (χ1) is 10.0. The summed E-state index contributed by atoms with van der Waals surface area (Å²) in [4.78, 5) is 37.0. The molecule has 2 amide bonds. The second kappa shape index (κ2) is 8.61. The van der Waals surface area contributed by atoms with Crippen molar-refractivity contribution >= 4 is 17.8 Å². The molecule has 0 radical (unpaired) electrons. The van der Waals surface area contributed by atoms with Crippen LogP contribution < -0.4 is 5.32 Å². The smallest absolute Gasteiger partial charge is 0.311 e. The Kier molecular flexibility index (Phi) is 7.14. The number of hydrogen-bond donors (Lipinski definition) is 2. The number of nitrogens with one attached hydrogen (secondary N) is 1. The van der Waals surface area contributed by atoms with E-state index in [0.717, 1.165) is 0 Å². The summed E-state index contributed by atoms with van der Waals surface area (Å²) >= 11 is 0. The predicted octanol–water partition coefficient (Wildman–Crippen LogP) is -0.325. The van der Waals surface area contributed by atoms with Crippen LogP contribution in [0.15, 0.2) is 0 Å². The Bertz CT molecular complexity index is 382. The summed E-state index contributed by atoms with van der Waals surface area (Å²) in [6.07, 6.45) is 1.87. The molecule has 0 saturated carbocycles. The van der Waals surface area contributed by atoms with E-state index in [1.165, 1.54) is 4.90 Å². The second-order valence-corrected chi connectivity index (χ2v) is 5.10. The minimum atomic E-state index is -0.736. The number of aliphatic hydroxyl groups excluding tert-OH is 1. The molecule has 1 saturated heterocycles. The van der Waals surface area contributed by atoms with Gasteiger partial charge >= 0.3 is 17.8 Å². The monoisotopic (exact) mass is 300 g/mol. The molecule has 1 aliphatic rings. The van der Waals surface area contributed by atoms with E-state index < -0.39 is 17.9 Å². The number of amides is 2. The van der Waals surface area contributed by atoms with Crippen LogP contribution >= 0.6 is 0 Å². The van der Waals surface area contributed by atoms with E-state index in [1.807, 2.05) is 6.92 Å². The van der Waals surface area contributed by atoms with Gasteiger partial charge in [0, 0.05) is 13.1 Å². The van der Waals surface area contributed by atoms with Crippen LogP contribution in [0.5, 0.6) is 0 Å². The molecule has 120 valence electrons. The minimum Gasteiger partial charge on any atom is -0.466 e. The molecule has 0 aromatic heterocycles. The topological polar surface area (TPSA) is 95.9 Å². The van der Waals surface area contributed by atoms with Gasteiger partial charge in [-0.1, -0.05) is 6.92 Å². The van der Waals surface area contributed by atoms with Gasteiger partial charge in [0.15, 0.2) is 0 Å². The first-order valence-corrected chi connectivity index (χ1v) is 7.40. The van der Waals surface area contributed by atoms with E-state index in [1.54, 1.807) is 6.92 Å². The number of carbonyl (C=O) groups is 3. The highest BCUT2D eigenvalue weighted by atomic mass is 16.5. The van der Waals surface area contributed by atoms with Crippen molar-refractivity contribution in [3.8, 4) is 0 Å². The van der Waals surface area contributed by atoms with Crippen molar-refractivity contribution in [3.63, 3.8) is 0 Å². The Morgan fingerprint density at radius 3 is 2.67 bits per heavy atom. The molecular weight excluding hydrogens is 276 g/mol. The van der Waals surface area contributed by atoms with Crippen LogP contribution in [0.1, 0.15) is 33.1 Å². The van der Waals surface area contributed by atoms with Crippen LogP contribution in [-0.4, -0.2) is 60.1 Å². The van der Waals surface area contributed by atoms with Crippen molar-refractivity contribution in [1.82, 2.24) is 10.2 Å². The van der Waals surface area contributed by atoms with Crippen molar-refractivity contribution in [2.75, 3.05) is 26.3 Å². The Hall–Kier alpha value is -1.63. The quantitative estimate of drug-likeness (QED) is 0.535. The fourth-order valence-corrected chi connectivity index (χ4v) is 2.28. The predicted molar refractivity (Wildman–Crippen MR) is 75.2 cm³/mol. The number of likely N-dealkylation sites (tertiary alicyclic amines) is 1. The van der Waals surface area contributed by atoms with E-state index in [0.29, 0.717) is 32.4 Å². The molecule has 0 spiro atoms. The van der Waals surface area contributed by atoms with Gasteiger partial charge in [0.2, 0.25) is 0 Å². The molecule has 0 aromatic carbocycles. The fourth-order valence-electron chi connectivity index (χ4n) is 2.28. The number of nitrogens with zero attached hydrogens (tertiary/aromatic N) is 1. The van der Waals surface area contributed by atoms with Crippen LogP contribution in [0.2, 0.25) is 0 Å². The first-order valence-electron chi connectivity index (χ1n) is 7.40. The Balaban J connectivity index is 2.57. The number of piperidine rings is 1. The summed E-state index contributed by atoms with van der Waals surface area (Å²) in [5, 5.41) is 11.5. The van der Waals surface area contributed by atoms with Gasteiger partial charge in [0.05, 0.1) is 25.2 Å². The summed E-state index contributed by atoms with van der Waals surface area (Å²) in [7, 11) is 0. The van der Waals surface area contributed by atoms with Crippen LogP contribution in [0.25, 0.3) is 0 Å². The zero-order valence-corrected chi connectivity index (χ0v) is 12.6. The van der Waals surface area contributed by atoms with Crippen molar-refractivity contribution < 1.29 is 24.2 Å². The van der Waals surface area contributed by atoms with E-state index >= 15 is 0 Å². The minimum absolute atomic E-state index is 0.207. The molecular formula is C14H24N2O5. The van der Waals surface area contributed by atoms with Crippen LogP contribution in [0.4, 0.5) is 0 Å². The highest BCUT2D eigenvalue weighted by Gasteiger charge is 2.32. The average Bonchev–Trinajstić information content (AvgIpc) is 2.51. The van der Waals surface area contributed by atoms with Gasteiger partial charge in [0.1, 0.15) is 0 Å². The maximum atomic E-state index is 12.1. The van der Waals surface area contributed by atoms with E-state index in [9.17, 15) is 14.4 Å². The maximum absolute atomic E-state index is 12.1. The highest BCUT2D eigenvalue weighted by Crippen LogP contribution is 2.18. The number of hydrogen-bond acceptors (Lipinski definition) is 5. The lowest BCUT2D eigenvalue weighted by atomic mass is 9.98. The zero-order valence-electron chi connectivity index (χ0n) is 12.6. The van der Waals surface area contributed by atoms with Crippen LogP contribution in [-0.2, 0) is 19.1 Å². The van der Waals surface area contributed by atoms with Gasteiger partial charge in [-0.05, 0) is 26.2 Å². The van der Waals surface area contributed by atoms with E-state index in [2.05, 4.69) is 5.32 Å². The standard InChI is InChI=1S/C14H24N2O5/c1-3-11(9-17)15-12(18)13(19)16-7-5-6-10(8-16)14(20)21-4-2/h10-11,17H,3-9H2,1-2H3,(H,15,18). The van der Waals surface area contributed by atoms with E-state index in [-0.39, 0.29) is 25.0 Å². The Morgan fingerprint density at radius 2 is 2.10 bits per heavy atom. The number of aliphatic hydroxyl groups is 1. The summed E-state index contributed by atoms with van der Waals surface area (Å²) in [5.41, 5.74) is 0. The second-order valence-electron chi connectivity index (χ2n) is 5.10. The third kappa shape index (κ3) is 5.00. The molecule has 0 aromatic rings. The Labute approximate surface area is 124 Å². The Morgan fingerprint density at radius 1 is 1.38 bits per heavy atom. The summed E-state index contributed by atoms with van der Waals surface area (Å²) < 4.78 is 4.96. The number of ether oxygens (including phenoxy) is 1. The van der Waals surface area contributed by atoms with Crippen molar-refractivity contribution in [1.29, 1.82) is 0 Å². The molecule has 2 atom stereocenters. The molecule has 7 heteroatoms. The lowest BCUT2D eigenvalue weighted by molar-refractivity contribution is -0.154. The van der Waals surface area contributed by atoms with E-state index in [4.69, 9.17) is 9.84 Å². The molecule has 0 bridgehead atoms. The zero-order chi connectivity index (χ0) is 15.8.